The van der Waals surface area contributed by atoms with Gasteiger partial charge in [0.25, 0.3) is 11.6 Å². The third-order valence-corrected chi connectivity index (χ3v) is 6.59. The highest BCUT2D eigenvalue weighted by atomic mass is 16.6. The molecule has 1 N–H and O–H groups in total. The van der Waals surface area contributed by atoms with Gasteiger partial charge in [-0.05, 0) is 69.0 Å². The van der Waals surface area contributed by atoms with Gasteiger partial charge >= 0.3 is 0 Å². The first-order chi connectivity index (χ1) is 15.9. The topological polar surface area (TPSA) is 80.4 Å². The number of hydrogen-bond donors (Lipinski definition) is 1. The molecular formula is C26H26N4O3. The van der Waals surface area contributed by atoms with Gasteiger partial charge in [0.05, 0.1) is 10.6 Å². The van der Waals surface area contributed by atoms with Crippen molar-refractivity contribution in [2.24, 2.45) is 0 Å². The molecule has 0 spiro atoms. The fourth-order valence-corrected chi connectivity index (χ4v) is 4.97. The van der Waals surface area contributed by atoms with Gasteiger partial charge in [-0.15, -0.1) is 0 Å². The fourth-order valence-electron chi connectivity index (χ4n) is 4.97. The molecular weight excluding hydrogens is 416 g/mol. The van der Waals surface area contributed by atoms with E-state index >= 15 is 0 Å². The monoisotopic (exact) mass is 442 g/mol. The number of piperidine rings is 1. The number of benzene rings is 2. The van der Waals surface area contributed by atoms with E-state index in [4.69, 9.17) is 0 Å². The van der Waals surface area contributed by atoms with Crippen LogP contribution in [0.15, 0.2) is 48.5 Å². The number of rotatable bonds is 4. The van der Waals surface area contributed by atoms with Gasteiger partial charge in [0.2, 0.25) is 0 Å². The van der Waals surface area contributed by atoms with Gasteiger partial charge in [-0.25, -0.2) is 0 Å². The van der Waals surface area contributed by atoms with E-state index in [0.717, 1.165) is 59.8 Å². The van der Waals surface area contributed by atoms with Gasteiger partial charge in [-0.2, -0.15) is 0 Å². The van der Waals surface area contributed by atoms with Crippen molar-refractivity contribution < 1.29 is 9.72 Å². The van der Waals surface area contributed by atoms with Crippen molar-refractivity contribution in [2.75, 3.05) is 23.3 Å². The molecule has 2 aliphatic rings. The average Bonchev–Trinajstić information content (AvgIpc) is 3.29. The Morgan fingerprint density at radius 3 is 2.55 bits per heavy atom. The normalized spacial score (nSPS) is 16.7. The lowest BCUT2D eigenvalue weighted by Gasteiger charge is -2.28. The molecule has 3 aromatic rings. The molecule has 1 saturated heterocycles. The predicted molar refractivity (Wildman–Crippen MR) is 131 cm³/mol. The molecule has 0 unspecified atom stereocenters. The molecule has 2 aromatic carbocycles. The van der Waals surface area contributed by atoms with E-state index in [1.807, 2.05) is 67.0 Å². The SMILES string of the molecule is Cc1cc(/C=C2/C(=O)Nc3ccccc32)c(C)n1-c1ccc(N2CCCCC2)c([N+](=O)[O-])c1. The number of carbonyl (C=O) groups is 1. The molecule has 1 amide bonds. The number of nitrogens with zero attached hydrogens (tertiary/aromatic N) is 3. The van der Waals surface area contributed by atoms with Gasteiger partial charge in [0.15, 0.2) is 0 Å². The van der Waals surface area contributed by atoms with Crippen molar-refractivity contribution in [3.8, 4) is 5.69 Å². The molecule has 0 saturated carbocycles. The second-order valence-electron chi connectivity index (χ2n) is 8.70. The average molecular weight is 443 g/mol. The summed E-state index contributed by atoms with van der Waals surface area (Å²) in [6.45, 7) is 5.65. The summed E-state index contributed by atoms with van der Waals surface area (Å²) < 4.78 is 2.01. The Bertz CT molecular complexity index is 1300. The molecule has 1 aromatic heterocycles. The molecule has 5 rings (SSSR count). The standard InChI is InChI=1S/C26H26N4O3/c1-17-14-19(15-22-21-8-4-5-9-23(21)27-26(22)31)18(2)29(17)20-10-11-24(25(16-20)30(32)33)28-12-6-3-7-13-28/h4-5,8-11,14-16H,3,6-7,12-13H2,1-2H3,(H,27,31)/b22-15+. The van der Waals surface area contributed by atoms with Crippen molar-refractivity contribution >= 4 is 34.6 Å². The zero-order valence-corrected chi connectivity index (χ0v) is 18.8. The lowest BCUT2D eigenvalue weighted by atomic mass is 10.0. The Hall–Kier alpha value is -3.87. The highest BCUT2D eigenvalue weighted by Gasteiger charge is 2.25. The van der Waals surface area contributed by atoms with Crippen molar-refractivity contribution in [2.45, 2.75) is 33.1 Å². The molecule has 7 heteroatoms. The number of fused-ring (bicyclic) bond motifs is 1. The fraction of sp³-hybridized carbons (Fsp3) is 0.269. The highest BCUT2D eigenvalue weighted by Crippen LogP contribution is 2.36. The highest BCUT2D eigenvalue weighted by molar-refractivity contribution is 6.34. The van der Waals surface area contributed by atoms with Crippen molar-refractivity contribution in [1.29, 1.82) is 0 Å². The molecule has 33 heavy (non-hydrogen) atoms. The summed E-state index contributed by atoms with van der Waals surface area (Å²) in [6.07, 6.45) is 5.19. The van der Waals surface area contributed by atoms with Gasteiger partial charge < -0.3 is 14.8 Å². The van der Waals surface area contributed by atoms with Crippen LogP contribution in [0.5, 0.6) is 0 Å². The van der Waals surface area contributed by atoms with E-state index in [2.05, 4.69) is 10.2 Å². The van der Waals surface area contributed by atoms with Crippen LogP contribution in [0.25, 0.3) is 17.3 Å². The smallest absolute Gasteiger partial charge is 0.294 e. The quantitative estimate of drug-likeness (QED) is 0.329. The Kier molecular flexibility index (Phi) is 5.24. The Morgan fingerprint density at radius 2 is 1.79 bits per heavy atom. The Morgan fingerprint density at radius 1 is 1.03 bits per heavy atom. The van der Waals surface area contributed by atoms with Crippen molar-refractivity contribution in [1.82, 2.24) is 4.57 Å². The van der Waals surface area contributed by atoms with Crippen molar-refractivity contribution in [3.63, 3.8) is 0 Å². The molecule has 1 fully saturated rings. The summed E-state index contributed by atoms with van der Waals surface area (Å²) in [7, 11) is 0. The summed E-state index contributed by atoms with van der Waals surface area (Å²) in [4.78, 5) is 26.3. The lowest BCUT2D eigenvalue weighted by Crippen LogP contribution is -2.30. The van der Waals surface area contributed by atoms with E-state index < -0.39 is 0 Å². The molecule has 168 valence electrons. The third-order valence-electron chi connectivity index (χ3n) is 6.59. The van der Waals surface area contributed by atoms with Gasteiger partial charge in [0.1, 0.15) is 5.69 Å². The number of para-hydroxylation sites is 1. The number of hydrogen-bond acceptors (Lipinski definition) is 4. The van der Waals surface area contributed by atoms with Crippen LogP contribution >= 0.6 is 0 Å². The predicted octanol–water partition coefficient (Wildman–Crippen LogP) is 5.49. The van der Waals surface area contributed by atoms with Crippen LogP contribution in [0.1, 0.15) is 41.8 Å². The van der Waals surface area contributed by atoms with Crippen LogP contribution in [0.4, 0.5) is 17.1 Å². The number of nitro benzene ring substituents is 1. The van der Waals surface area contributed by atoms with Crippen LogP contribution in [-0.4, -0.2) is 28.5 Å². The second kappa shape index (κ2) is 8.24. The summed E-state index contributed by atoms with van der Waals surface area (Å²) >= 11 is 0. The molecule has 0 aliphatic carbocycles. The van der Waals surface area contributed by atoms with Gasteiger partial charge in [0, 0.05) is 47.4 Å². The second-order valence-corrected chi connectivity index (χ2v) is 8.70. The van der Waals surface area contributed by atoms with E-state index in [9.17, 15) is 14.9 Å². The zero-order valence-electron chi connectivity index (χ0n) is 18.8. The summed E-state index contributed by atoms with van der Waals surface area (Å²) in [5, 5.41) is 14.8. The van der Waals surface area contributed by atoms with Crippen LogP contribution in [-0.2, 0) is 4.79 Å². The van der Waals surface area contributed by atoms with Gasteiger partial charge in [-0.3, -0.25) is 14.9 Å². The Balaban J connectivity index is 1.56. The molecule has 0 bridgehead atoms. The van der Waals surface area contributed by atoms with E-state index in [1.165, 1.54) is 6.42 Å². The minimum absolute atomic E-state index is 0.123. The number of anilines is 2. The number of aryl methyl sites for hydroxylation is 1. The lowest BCUT2D eigenvalue weighted by molar-refractivity contribution is -0.384. The third kappa shape index (κ3) is 3.69. The molecule has 7 nitrogen and oxygen atoms in total. The number of nitro groups is 1. The molecule has 0 atom stereocenters. The number of aromatic nitrogens is 1. The first-order valence-electron chi connectivity index (χ1n) is 11.3. The first-order valence-corrected chi connectivity index (χ1v) is 11.3. The molecule has 2 aliphatic heterocycles. The van der Waals surface area contributed by atoms with E-state index in [0.29, 0.717) is 11.3 Å². The van der Waals surface area contributed by atoms with Gasteiger partial charge in [-0.1, -0.05) is 18.2 Å². The number of nitrogens with one attached hydrogen (secondary N) is 1. The molecule has 0 radical (unpaired) electrons. The van der Waals surface area contributed by atoms with Crippen molar-refractivity contribution in [3.05, 3.63) is 81.2 Å². The van der Waals surface area contributed by atoms with Crippen LogP contribution in [0, 0.1) is 24.0 Å². The summed E-state index contributed by atoms with van der Waals surface area (Å²) in [5.74, 6) is -0.123. The summed E-state index contributed by atoms with van der Waals surface area (Å²) in [6, 6.07) is 15.1. The minimum Gasteiger partial charge on any atom is -0.366 e. The number of carbonyl (C=O) groups excluding carboxylic acids is 1. The van der Waals surface area contributed by atoms with Crippen LogP contribution < -0.4 is 10.2 Å². The zero-order chi connectivity index (χ0) is 23.1. The summed E-state index contributed by atoms with van der Waals surface area (Å²) in [5.41, 5.74) is 6.68. The number of amides is 1. The maximum absolute atomic E-state index is 12.6. The van der Waals surface area contributed by atoms with Crippen LogP contribution in [0.3, 0.4) is 0 Å². The van der Waals surface area contributed by atoms with E-state index in [-0.39, 0.29) is 16.5 Å². The maximum atomic E-state index is 12.6. The minimum atomic E-state index is -0.287. The van der Waals surface area contributed by atoms with E-state index in [1.54, 1.807) is 6.07 Å². The Labute approximate surface area is 192 Å². The molecule has 3 heterocycles. The van der Waals surface area contributed by atoms with Crippen LogP contribution in [0.2, 0.25) is 0 Å². The largest absolute Gasteiger partial charge is 0.366 e. The maximum Gasteiger partial charge on any atom is 0.294 e. The first kappa shape index (κ1) is 21.0.